The summed E-state index contributed by atoms with van der Waals surface area (Å²) in [5.74, 6) is 0.623. The Kier molecular flexibility index (Phi) is 3.00. The Bertz CT molecular complexity index is 527. The number of hydrogen-bond acceptors (Lipinski definition) is 3. The van der Waals surface area contributed by atoms with Crippen molar-refractivity contribution in [2.75, 3.05) is 12.8 Å². The standard InChI is InChI=1S/C14H16N2O/c1-9-6-12(15)7-10(2)14(9)11-4-5-16-13(8-11)17-3/h4-8H,15H2,1-3H3. The maximum atomic E-state index is 5.83. The van der Waals surface area contributed by atoms with Crippen molar-refractivity contribution in [1.82, 2.24) is 4.98 Å². The van der Waals surface area contributed by atoms with Gasteiger partial charge < -0.3 is 10.5 Å². The smallest absolute Gasteiger partial charge is 0.213 e. The maximum absolute atomic E-state index is 5.83. The van der Waals surface area contributed by atoms with Gasteiger partial charge in [-0.3, -0.25) is 0 Å². The van der Waals surface area contributed by atoms with E-state index in [4.69, 9.17) is 10.5 Å². The van der Waals surface area contributed by atoms with Crippen LogP contribution in [-0.2, 0) is 0 Å². The van der Waals surface area contributed by atoms with Gasteiger partial charge in [0, 0.05) is 18.0 Å². The van der Waals surface area contributed by atoms with Gasteiger partial charge in [0.15, 0.2) is 0 Å². The second-order valence-electron chi connectivity index (χ2n) is 4.12. The number of methoxy groups -OCH3 is 1. The molecule has 3 nitrogen and oxygen atoms in total. The van der Waals surface area contributed by atoms with Crippen molar-refractivity contribution >= 4 is 5.69 Å². The molecule has 2 aromatic rings. The van der Waals surface area contributed by atoms with Gasteiger partial charge >= 0.3 is 0 Å². The van der Waals surface area contributed by atoms with Gasteiger partial charge in [-0.15, -0.1) is 0 Å². The summed E-state index contributed by atoms with van der Waals surface area (Å²) in [6, 6.07) is 7.88. The van der Waals surface area contributed by atoms with Crippen molar-refractivity contribution in [3.8, 4) is 17.0 Å². The number of nitrogens with two attached hydrogens (primary N) is 1. The summed E-state index contributed by atoms with van der Waals surface area (Å²) in [7, 11) is 1.62. The van der Waals surface area contributed by atoms with Gasteiger partial charge in [-0.1, -0.05) is 0 Å². The molecular formula is C14H16N2O. The first-order valence-corrected chi connectivity index (χ1v) is 5.49. The van der Waals surface area contributed by atoms with E-state index in [0.717, 1.165) is 22.4 Å². The van der Waals surface area contributed by atoms with Gasteiger partial charge in [-0.2, -0.15) is 0 Å². The molecule has 0 saturated heterocycles. The van der Waals surface area contributed by atoms with Crippen molar-refractivity contribution in [3.63, 3.8) is 0 Å². The van der Waals surface area contributed by atoms with Gasteiger partial charge in [-0.05, 0) is 54.3 Å². The fraction of sp³-hybridized carbons (Fsp3) is 0.214. The quantitative estimate of drug-likeness (QED) is 0.804. The third-order valence-electron chi connectivity index (χ3n) is 2.79. The molecule has 0 aliphatic heterocycles. The minimum Gasteiger partial charge on any atom is -0.481 e. The highest BCUT2D eigenvalue weighted by Gasteiger charge is 2.07. The summed E-state index contributed by atoms with van der Waals surface area (Å²) in [6.07, 6.45) is 1.75. The van der Waals surface area contributed by atoms with Crippen LogP contribution in [0.3, 0.4) is 0 Å². The minimum absolute atomic E-state index is 0.623. The Morgan fingerprint density at radius 3 is 2.35 bits per heavy atom. The Hall–Kier alpha value is -2.03. The number of pyridine rings is 1. The highest BCUT2D eigenvalue weighted by Crippen LogP contribution is 2.30. The lowest BCUT2D eigenvalue weighted by atomic mass is 9.96. The molecule has 0 aliphatic rings. The number of anilines is 1. The van der Waals surface area contributed by atoms with Crippen molar-refractivity contribution in [2.45, 2.75) is 13.8 Å². The van der Waals surface area contributed by atoms with Gasteiger partial charge in [-0.25, -0.2) is 4.98 Å². The summed E-state index contributed by atoms with van der Waals surface area (Å²) < 4.78 is 5.14. The van der Waals surface area contributed by atoms with Crippen molar-refractivity contribution in [3.05, 3.63) is 41.6 Å². The summed E-state index contributed by atoms with van der Waals surface area (Å²) >= 11 is 0. The molecular weight excluding hydrogens is 212 g/mol. The topological polar surface area (TPSA) is 48.1 Å². The lowest BCUT2D eigenvalue weighted by Crippen LogP contribution is -1.94. The Morgan fingerprint density at radius 2 is 1.76 bits per heavy atom. The molecule has 0 aliphatic carbocycles. The van der Waals surface area contributed by atoms with Gasteiger partial charge in [0.1, 0.15) is 0 Å². The average Bonchev–Trinajstić information content (AvgIpc) is 2.28. The van der Waals surface area contributed by atoms with E-state index in [1.165, 1.54) is 5.56 Å². The number of benzene rings is 1. The van der Waals surface area contributed by atoms with Crippen LogP contribution in [0, 0.1) is 13.8 Å². The molecule has 0 radical (unpaired) electrons. The third-order valence-corrected chi connectivity index (χ3v) is 2.79. The van der Waals surface area contributed by atoms with Crippen LogP contribution in [0.1, 0.15) is 11.1 Å². The van der Waals surface area contributed by atoms with Gasteiger partial charge in [0.2, 0.25) is 5.88 Å². The van der Waals surface area contributed by atoms with Crippen molar-refractivity contribution < 1.29 is 4.74 Å². The van der Waals surface area contributed by atoms with E-state index in [1.54, 1.807) is 13.3 Å². The van der Waals surface area contributed by atoms with E-state index in [0.29, 0.717) is 5.88 Å². The molecule has 0 amide bonds. The third kappa shape index (κ3) is 2.23. The SMILES string of the molecule is COc1cc(-c2c(C)cc(N)cc2C)ccn1. The molecule has 1 heterocycles. The molecule has 17 heavy (non-hydrogen) atoms. The number of rotatable bonds is 2. The predicted octanol–water partition coefficient (Wildman–Crippen LogP) is 2.96. The minimum atomic E-state index is 0.623. The molecule has 1 aromatic carbocycles. The number of aryl methyl sites for hydroxylation is 2. The fourth-order valence-corrected chi connectivity index (χ4v) is 2.13. The molecule has 0 bridgehead atoms. The van der Waals surface area contributed by atoms with Crippen LogP contribution in [0.5, 0.6) is 5.88 Å². The van der Waals surface area contributed by atoms with Crippen LogP contribution in [0.2, 0.25) is 0 Å². The van der Waals surface area contributed by atoms with Gasteiger partial charge in [0.25, 0.3) is 0 Å². The summed E-state index contributed by atoms with van der Waals surface area (Å²) in [4.78, 5) is 4.11. The normalized spacial score (nSPS) is 10.3. The predicted molar refractivity (Wildman–Crippen MR) is 70.1 cm³/mol. The van der Waals surface area contributed by atoms with E-state index in [9.17, 15) is 0 Å². The van der Waals surface area contributed by atoms with E-state index in [2.05, 4.69) is 18.8 Å². The second-order valence-corrected chi connectivity index (χ2v) is 4.12. The Balaban J connectivity index is 2.60. The number of hydrogen-bond donors (Lipinski definition) is 1. The monoisotopic (exact) mass is 228 g/mol. The van der Waals surface area contributed by atoms with Crippen LogP contribution >= 0.6 is 0 Å². The first-order valence-electron chi connectivity index (χ1n) is 5.49. The summed E-state index contributed by atoms with van der Waals surface area (Å²) in [5.41, 5.74) is 11.2. The van der Waals surface area contributed by atoms with E-state index in [-0.39, 0.29) is 0 Å². The van der Waals surface area contributed by atoms with Crippen LogP contribution in [-0.4, -0.2) is 12.1 Å². The number of nitrogens with zero attached hydrogens (tertiary/aromatic N) is 1. The molecule has 2 N–H and O–H groups in total. The molecule has 0 spiro atoms. The Labute approximate surface area is 101 Å². The molecule has 3 heteroatoms. The highest BCUT2D eigenvalue weighted by atomic mass is 16.5. The van der Waals surface area contributed by atoms with Crippen molar-refractivity contribution in [1.29, 1.82) is 0 Å². The van der Waals surface area contributed by atoms with Crippen LogP contribution in [0.15, 0.2) is 30.5 Å². The zero-order chi connectivity index (χ0) is 12.4. The van der Waals surface area contributed by atoms with Gasteiger partial charge in [0.05, 0.1) is 7.11 Å². The van der Waals surface area contributed by atoms with E-state index < -0.39 is 0 Å². The molecule has 88 valence electrons. The van der Waals surface area contributed by atoms with Crippen LogP contribution in [0.4, 0.5) is 5.69 Å². The largest absolute Gasteiger partial charge is 0.481 e. The number of aromatic nitrogens is 1. The maximum Gasteiger partial charge on any atom is 0.213 e. The summed E-state index contributed by atoms with van der Waals surface area (Å²) in [6.45, 7) is 4.12. The summed E-state index contributed by atoms with van der Waals surface area (Å²) in [5, 5.41) is 0. The second kappa shape index (κ2) is 4.45. The molecule has 0 atom stereocenters. The molecule has 1 aromatic heterocycles. The fourth-order valence-electron chi connectivity index (χ4n) is 2.13. The zero-order valence-corrected chi connectivity index (χ0v) is 10.3. The first-order chi connectivity index (χ1) is 8.11. The average molecular weight is 228 g/mol. The zero-order valence-electron chi connectivity index (χ0n) is 10.3. The Morgan fingerprint density at radius 1 is 1.12 bits per heavy atom. The van der Waals surface area contributed by atoms with E-state index >= 15 is 0 Å². The molecule has 0 saturated carbocycles. The lowest BCUT2D eigenvalue weighted by molar-refractivity contribution is 0.398. The van der Waals surface area contributed by atoms with Crippen LogP contribution in [0.25, 0.3) is 11.1 Å². The molecule has 2 rings (SSSR count). The van der Waals surface area contributed by atoms with Crippen molar-refractivity contribution in [2.24, 2.45) is 0 Å². The van der Waals surface area contributed by atoms with Crippen LogP contribution < -0.4 is 10.5 Å². The molecule has 0 unspecified atom stereocenters. The lowest BCUT2D eigenvalue weighted by Gasteiger charge is -2.12. The first kappa shape index (κ1) is 11.5. The van der Waals surface area contributed by atoms with E-state index in [1.807, 2.05) is 24.3 Å². The molecule has 0 fully saturated rings. The highest BCUT2D eigenvalue weighted by molar-refractivity contribution is 5.73. The number of ether oxygens (including phenoxy) is 1. The number of nitrogen functional groups attached to an aromatic ring is 1.